The highest BCUT2D eigenvalue weighted by Crippen LogP contribution is 2.12. The van der Waals surface area contributed by atoms with Crippen LogP contribution in [-0.4, -0.2) is 35.0 Å². The first kappa shape index (κ1) is 22.0. The van der Waals surface area contributed by atoms with E-state index >= 15 is 0 Å². The molecular weight excluding hydrogens is 396 g/mol. The third-order valence-electron chi connectivity index (χ3n) is 4.83. The number of amides is 2. The zero-order valence-electron chi connectivity index (χ0n) is 17.7. The molecule has 0 unspecified atom stereocenters. The Bertz CT molecular complexity index is 1120. The lowest BCUT2D eigenvalue weighted by Crippen LogP contribution is -2.34. The first-order valence-corrected chi connectivity index (χ1v) is 10.2. The van der Waals surface area contributed by atoms with Gasteiger partial charge in [-0.05, 0) is 36.8 Å². The molecule has 162 valence electrons. The summed E-state index contributed by atoms with van der Waals surface area (Å²) in [7, 11) is 1.60. The number of methoxy groups -OCH3 is 1. The van der Waals surface area contributed by atoms with E-state index in [9.17, 15) is 14.4 Å². The van der Waals surface area contributed by atoms with Gasteiger partial charge >= 0.3 is 0 Å². The number of rotatable bonds is 9. The number of aryl methyl sites for hydroxylation is 1. The Morgan fingerprint density at radius 1 is 1.03 bits per heavy atom. The van der Waals surface area contributed by atoms with Crippen molar-refractivity contribution in [3.8, 4) is 5.75 Å². The number of nitrogens with zero attached hydrogens (tertiary/aromatic N) is 2. The first-order valence-electron chi connectivity index (χ1n) is 10.2. The molecule has 8 nitrogen and oxygen atoms in total. The van der Waals surface area contributed by atoms with Crippen LogP contribution in [0.4, 0.5) is 0 Å². The monoisotopic (exact) mass is 422 g/mol. The van der Waals surface area contributed by atoms with E-state index in [1.54, 1.807) is 25.3 Å². The molecule has 0 radical (unpaired) electrons. The maximum atomic E-state index is 13.0. The predicted octanol–water partition coefficient (Wildman–Crippen LogP) is 1.79. The van der Waals surface area contributed by atoms with Gasteiger partial charge in [0.15, 0.2) is 0 Å². The van der Waals surface area contributed by atoms with Gasteiger partial charge in [0.2, 0.25) is 11.8 Å². The van der Waals surface area contributed by atoms with Crippen molar-refractivity contribution in [1.29, 1.82) is 0 Å². The second-order valence-corrected chi connectivity index (χ2v) is 7.02. The van der Waals surface area contributed by atoms with Gasteiger partial charge in [-0.1, -0.05) is 24.3 Å². The van der Waals surface area contributed by atoms with Gasteiger partial charge in [0.25, 0.3) is 5.56 Å². The molecule has 0 aliphatic heterocycles. The third-order valence-corrected chi connectivity index (χ3v) is 4.83. The van der Waals surface area contributed by atoms with Crippen LogP contribution < -0.4 is 20.9 Å². The Balaban J connectivity index is 1.77. The average Bonchev–Trinajstić information content (AvgIpc) is 2.79. The van der Waals surface area contributed by atoms with E-state index in [1.807, 2.05) is 37.3 Å². The molecule has 2 aromatic carbocycles. The summed E-state index contributed by atoms with van der Waals surface area (Å²) in [5, 5.41) is 5.55. The fraction of sp³-hybridized carbons (Fsp3) is 0.304. The minimum atomic E-state index is -0.359. The summed E-state index contributed by atoms with van der Waals surface area (Å²) >= 11 is 0. The number of nitrogens with one attached hydrogen (secondary N) is 2. The second-order valence-electron chi connectivity index (χ2n) is 7.02. The van der Waals surface area contributed by atoms with Crippen LogP contribution in [0.2, 0.25) is 0 Å². The summed E-state index contributed by atoms with van der Waals surface area (Å²) in [4.78, 5) is 41.8. The molecule has 0 fully saturated rings. The zero-order chi connectivity index (χ0) is 22.2. The molecule has 0 bridgehead atoms. The van der Waals surface area contributed by atoms with E-state index in [4.69, 9.17) is 4.74 Å². The number of hydrogen-bond donors (Lipinski definition) is 2. The molecule has 0 saturated heterocycles. The van der Waals surface area contributed by atoms with Crippen LogP contribution in [0.15, 0.2) is 53.3 Å². The Morgan fingerprint density at radius 2 is 1.77 bits per heavy atom. The normalized spacial score (nSPS) is 10.6. The summed E-state index contributed by atoms with van der Waals surface area (Å²) in [6.45, 7) is 2.57. The molecular formula is C23H26N4O4. The van der Waals surface area contributed by atoms with Crippen molar-refractivity contribution >= 4 is 22.8 Å². The van der Waals surface area contributed by atoms with Crippen LogP contribution in [0.25, 0.3) is 11.0 Å². The molecule has 3 aromatic rings. The topological polar surface area (TPSA) is 102 Å². The van der Waals surface area contributed by atoms with Crippen LogP contribution >= 0.6 is 0 Å². The van der Waals surface area contributed by atoms with E-state index in [0.717, 1.165) is 11.3 Å². The van der Waals surface area contributed by atoms with Crippen molar-refractivity contribution < 1.29 is 14.3 Å². The summed E-state index contributed by atoms with van der Waals surface area (Å²) < 4.78 is 6.55. The molecule has 0 atom stereocenters. The van der Waals surface area contributed by atoms with Gasteiger partial charge in [0.1, 0.15) is 18.0 Å². The summed E-state index contributed by atoms with van der Waals surface area (Å²) in [6, 6.07) is 14.5. The van der Waals surface area contributed by atoms with Gasteiger partial charge in [-0.15, -0.1) is 0 Å². The predicted molar refractivity (Wildman–Crippen MR) is 118 cm³/mol. The fourth-order valence-corrected chi connectivity index (χ4v) is 3.23. The van der Waals surface area contributed by atoms with Crippen LogP contribution in [0.1, 0.15) is 24.6 Å². The molecule has 1 aromatic heterocycles. The Morgan fingerprint density at radius 3 is 2.48 bits per heavy atom. The van der Waals surface area contributed by atoms with Crippen molar-refractivity contribution in [2.75, 3.05) is 13.7 Å². The molecule has 2 N–H and O–H groups in total. The van der Waals surface area contributed by atoms with Gasteiger partial charge in [-0.25, -0.2) is 4.98 Å². The van der Waals surface area contributed by atoms with Gasteiger partial charge in [0, 0.05) is 25.9 Å². The van der Waals surface area contributed by atoms with Gasteiger partial charge < -0.3 is 15.4 Å². The minimum Gasteiger partial charge on any atom is -0.497 e. The second kappa shape index (κ2) is 10.4. The SMILES string of the molecule is CCNC(=O)CCc1nc2ccccc2n(CC(=O)NCc2ccc(OC)cc2)c1=O. The van der Waals surface area contributed by atoms with E-state index in [2.05, 4.69) is 15.6 Å². The number of aromatic nitrogens is 2. The van der Waals surface area contributed by atoms with E-state index in [1.165, 1.54) is 4.57 Å². The zero-order valence-corrected chi connectivity index (χ0v) is 17.7. The van der Waals surface area contributed by atoms with Gasteiger partial charge in [-0.2, -0.15) is 0 Å². The van der Waals surface area contributed by atoms with E-state index in [-0.39, 0.29) is 42.5 Å². The fourth-order valence-electron chi connectivity index (χ4n) is 3.23. The lowest BCUT2D eigenvalue weighted by Gasteiger charge is -2.13. The summed E-state index contributed by atoms with van der Waals surface area (Å²) in [5.41, 5.74) is 2.02. The minimum absolute atomic E-state index is 0.133. The largest absolute Gasteiger partial charge is 0.497 e. The first-order chi connectivity index (χ1) is 15.0. The van der Waals surface area contributed by atoms with Crippen molar-refractivity contribution in [2.45, 2.75) is 32.9 Å². The van der Waals surface area contributed by atoms with Crippen LogP contribution in [0.3, 0.4) is 0 Å². The molecule has 0 spiro atoms. The van der Waals surface area contributed by atoms with E-state index < -0.39 is 0 Å². The van der Waals surface area contributed by atoms with Crippen LogP contribution in [0, 0.1) is 0 Å². The lowest BCUT2D eigenvalue weighted by atomic mass is 10.2. The average molecular weight is 422 g/mol. The maximum absolute atomic E-state index is 13.0. The van der Waals surface area contributed by atoms with Crippen LogP contribution in [-0.2, 0) is 29.1 Å². The molecule has 8 heteroatoms. The molecule has 3 rings (SSSR count). The summed E-state index contributed by atoms with van der Waals surface area (Å²) in [5.74, 6) is 0.314. The highest BCUT2D eigenvalue weighted by atomic mass is 16.5. The Hall–Kier alpha value is -3.68. The highest BCUT2D eigenvalue weighted by Gasteiger charge is 2.14. The van der Waals surface area contributed by atoms with Gasteiger partial charge in [0.05, 0.1) is 18.1 Å². The van der Waals surface area contributed by atoms with E-state index in [0.29, 0.717) is 24.1 Å². The molecule has 0 saturated carbocycles. The number of carbonyl (C=O) groups is 2. The standard InChI is InChI=1S/C23H26N4O4/c1-3-24-21(28)13-12-19-23(30)27(20-7-5-4-6-18(20)26-19)15-22(29)25-14-16-8-10-17(31-2)11-9-16/h4-11H,3,12-15H2,1-2H3,(H,24,28)(H,25,29). The van der Waals surface area contributed by atoms with Crippen molar-refractivity contribution in [1.82, 2.24) is 20.2 Å². The molecule has 31 heavy (non-hydrogen) atoms. The van der Waals surface area contributed by atoms with Gasteiger partial charge in [-0.3, -0.25) is 19.0 Å². The van der Waals surface area contributed by atoms with Crippen molar-refractivity contribution in [3.63, 3.8) is 0 Å². The molecule has 1 heterocycles. The molecule has 0 aliphatic carbocycles. The quantitative estimate of drug-likeness (QED) is 0.547. The number of benzene rings is 2. The van der Waals surface area contributed by atoms with Crippen LogP contribution in [0.5, 0.6) is 5.75 Å². The summed E-state index contributed by atoms with van der Waals surface area (Å²) in [6.07, 6.45) is 0.376. The highest BCUT2D eigenvalue weighted by molar-refractivity contribution is 5.80. The Labute approximate surface area is 180 Å². The molecule has 2 amide bonds. The number of ether oxygens (including phenoxy) is 1. The maximum Gasteiger partial charge on any atom is 0.273 e. The number of carbonyl (C=O) groups excluding carboxylic acids is 2. The molecule has 0 aliphatic rings. The number of para-hydroxylation sites is 2. The lowest BCUT2D eigenvalue weighted by molar-refractivity contribution is -0.122. The third kappa shape index (κ3) is 5.69. The van der Waals surface area contributed by atoms with Crippen molar-refractivity contribution in [3.05, 3.63) is 70.1 Å². The number of hydrogen-bond acceptors (Lipinski definition) is 5. The van der Waals surface area contributed by atoms with Crippen molar-refractivity contribution in [2.24, 2.45) is 0 Å². The smallest absolute Gasteiger partial charge is 0.273 e. The number of fused-ring (bicyclic) bond motifs is 1. The Kier molecular flexibility index (Phi) is 7.37.